The van der Waals surface area contributed by atoms with Crippen LogP contribution in [0.5, 0.6) is 0 Å². The van der Waals surface area contributed by atoms with Crippen LogP contribution >= 0.6 is 7.82 Å². The van der Waals surface area contributed by atoms with Crippen molar-refractivity contribution in [2.45, 2.75) is 193 Å². The van der Waals surface area contributed by atoms with Crippen molar-refractivity contribution in [3.63, 3.8) is 0 Å². The number of carbonyl (C=O) groups excluding carboxylic acids is 1. The zero-order valence-corrected chi connectivity index (χ0v) is 31.9. The Morgan fingerprint density at radius 2 is 1.07 bits per heavy atom. The summed E-state index contributed by atoms with van der Waals surface area (Å²) in [6, 6.07) is -0.789. The molecule has 3 atom stereocenters. The number of hydrogen-bond acceptors (Lipinski definition) is 6. The molecule has 0 aromatic heterocycles. The van der Waals surface area contributed by atoms with E-state index in [1.54, 1.807) is 0 Å². The van der Waals surface area contributed by atoms with Gasteiger partial charge in [-0.3, -0.25) is 9.36 Å². The fourth-order valence-corrected chi connectivity index (χ4v) is 6.41. The van der Waals surface area contributed by atoms with Gasteiger partial charge in [0, 0.05) is 6.42 Å². The Balaban J connectivity index is 4.25. The van der Waals surface area contributed by atoms with Gasteiger partial charge in [-0.25, -0.2) is 0 Å². The standard InChI is InChI=1S/C37H77N2O6P/c1-6-8-10-12-14-15-16-17-18-19-20-21-22-23-24-25-26-28-30-36(40)35(38-37(41)31-29-27-13-11-9-7-2)34-45-46(42,43)44-33-32-39(3,4)5/h35-36,40H,6-34H2,1-5H3,(H-,38,41,42,43). The van der Waals surface area contributed by atoms with Crippen LogP contribution in [0.2, 0.25) is 0 Å². The molecule has 0 aliphatic rings. The monoisotopic (exact) mass is 677 g/mol. The average Bonchev–Trinajstić information content (AvgIpc) is 2.99. The number of phosphoric acid groups is 1. The molecule has 0 aromatic rings. The lowest BCUT2D eigenvalue weighted by atomic mass is 10.0. The maximum absolute atomic E-state index is 12.6. The molecule has 8 nitrogen and oxygen atoms in total. The van der Waals surface area contributed by atoms with Gasteiger partial charge in [0.05, 0.1) is 39.9 Å². The zero-order valence-electron chi connectivity index (χ0n) is 31.0. The molecule has 0 heterocycles. The number of nitrogens with one attached hydrogen (secondary N) is 1. The van der Waals surface area contributed by atoms with Gasteiger partial charge in [0.25, 0.3) is 7.82 Å². The second-order valence-corrected chi connectivity index (χ2v) is 16.1. The summed E-state index contributed by atoms with van der Waals surface area (Å²) in [6.45, 7) is 4.65. The Morgan fingerprint density at radius 1 is 0.674 bits per heavy atom. The molecule has 276 valence electrons. The number of likely N-dealkylation sites (N-methyl/N-ethyl adjacent to an activating group) is 1. The van der Waals surface area contributed by atoms with E-state index >= 15 is 0 Å². The van der Waals surface area contributed by atoms with Gasteiger partial charge in [-0.1, -0.05) is 162 Å². The molecule has 0 saturated heterocycles. The molecule has 3 unspecified atom stereocenters. The maximum atomic E-state index is 12.6. The fourth-order valence-electron chi connectivity index (χ4n) is 5.69. The predicted octanol–water partition coefficient (Wildman–Crippen LogP) is 9.22. The number of aliphatic hydroxyl groups excluding tert-OH is 1. The van der Waals surface area contributed by atoms with E-state index in [2.05, 4.69) is 19.2 Å². The van der Waals surface area contributed by atoms with E-state index in [1.165, 1.54) is 116 Å². The first-order valence-electron chi connectivity index (χ1n) is 19.4. The number of nitrogens with zero attached hydrogens (tertiary/aromatic N) is 1. The van der Waals surface area contributed by atoms with Crippen molar-refractivity contribution in [3.05, 3.63) is 0 Å². The summed E-state index contributed by atoms with van der Waals surface area (Å²) >= 11 is 0. The molecule has 0 radical (unpaired) electrons. The summed E-state index contributed by atoms with van der Waals surface area (Å²) in [5.41, 5.74) is 0. The van der Waals surface area contributed by atoms with Crippen LogP contribution in [-0.4, -0.2) is 68.5 Å². The molecule has 9 heteroatoms. The molecule has 0 spiro atoms. The van der Waals surface area contributed by atoms with Crippen molar-refractivity contribution >= 4 is 13.7 Å². The topological polar surface area (TPSA) is 108 Å². The van der Waals surface area contributed by atoms with Gasteiger partial charge < -0.3 is 28.8 Å². The minimum Gasteiger partial charge on any atom is -0.756 e. The van der Waals surface area contributed by atoms with Crippen LogP contribution in [-0.2, 0) is 18.4 Å². The van der Waals surface area contributed by atoms with Crippen molar-refractivity contribution < 1.29 is 32.9 Å². The average molecular weight is 677 g/mol. The fraction of sp³-hybridized carbons (Fsp3) is 0.973. The van der Waals surface area contributed by atoms with E-state index in [4.69, 9.17) is 9.05 Å². The molecule has 0 saturated carbocycles. The van der Waals surface area contributed by atoms with Crippen LogP contribution < -0.4 is 10.2 Å². The van der Waals surface area contributed by atoms with E-state index in [1.807, 2.05) is 21.1 Å². The Kier molecular flexibility index (Phi) is 30.2. The molecule has 0 fully saturated rings. The smallest absolute Gasteiger partial charge is 0.268 e. The van der Waals surface area contributed by atoms with Crippen LogP contribution in [0.15, 0.2) is 0 Å². The lowest BCUT2D eigenvalue weighted by Gasteiger charge is -2.30. The molecule has 0 bridgehead atoms. The first-order chi connectivity index (χ1) is 22.0. The third kappa shape index (κ3) is 32.1. The number of carbonyl (C=O) groups is 1. The number of aliphatic hydroxyl groups is 1. The van der Waals surface area contributed by atoms with E-state index in [-0.39, 0.29) is 19.1 Å². The molecular formula is C37H77N2O6P. The summed E-state index contributed by atoms with van der Waals surface area (Å²) in [6.07, 6.45) is 29.8. The Bertz CT molecular complexity index is 733. The molecular weight excluding hydrogens is 599 g/mol. The third-order valence-electron chi connectivity index (χ3n) is 8.85. The Morgan fingerprint density at radius 3 is 1.48 bits per heavy atom. The largest absolute Gasteiger partial charge is 0.756 e. The summed E-state index contributed by atoms with van der Waals surface area (Å²) in [4.78, 5) is 25.0. The number of unbranched alkanes of at least 4 members (excludes halogenated alkanes) is 22. The van der Waals surface area contributed by atoms with Crippen LogP contribution in [0.3, 0.4) is 0 Å². The zero-order chi connectivity index (χ0) is 34.4. The highest BCUT2D eigenvalue weighted by molar-refractivity contribution is 7.45. The second-order valence-electron chi connectivity index (χ2n) is 14.6. The van der Waals surface area contributed by atoms with Crippen molar-refractivity contribution in [1.82, 2.24) is 5.32 Å². The molecule has 0 aromatic carbocycles. The van der Waals surface area contributed by atoms with Gasteiger partial charge in [-0.2, -0.15) is 0 Å². The highest BCUT2D eigenvalue weighted by Crippen LogP contribution is 2.38. The summed E-state index contributed by atoms with van der Waals surface area (Å²) in [5.74, 6) is -0.173. The number of rotatable bonds is 35. The summed E-state index contributed by atoms with van der Waals surface area (Å²) in [5, 5.41) is 13.8. The first kappa shape index (κ1) is 45.5. The SMILES string of the molecule is CCCCCCCCCCCCCCCCCCCCC(O)C(COP(=O)([O-])OCC[N+](C)(C)C)NC(=O)CCCCCCCC. The highest BCUT2D eigenvalue weighted by atomic mass is 31.2. The first-order valence-corrected chi connectivity index (χ1v) is 20.8. The lowest BCUT2D eigenvalue weighted by molar-refractivity contribution is -0.870. The number of phosphoric ester groups is 1. The third-order valence-corrected chi connectivity index (χ3v) is 9.81. The quantitative estimate of drug-likeness (QED) is 0.0394. The van der Waals surface area contributed by atoms with E-state index in [0.717, 1.165) is 38.5 Å². The minimum absolute atomic E-state index is 0.0151. The van der Waals surface area contributed by atoms with Crippen molar-refractivity contribution in [2.75, 3.05) is 40.9 Å². The molecule has 0 aliphatic carbocycles. The van der Waals surface area contributed by atoms with Crippen molar-refractivity contribution in [1.29, 1.82) is 0 Å². The van der Waals surface area contributed by atoms with Gasteiger partial charge in [-0.05, 0) is 12.8 Å². The second kappa shape index (κ2) is 30.6. The van der Waals surface area contributed by atoms with E-state index in [9.17, 15) is 19.4 Å². The van der Waals surface area contributed by atoms with E-state index in [0.29, 0.717) is 23.9 Å². The van der Waals surface area contributed by atoms with Crippen molar-refractivity contribution in [3.8, 4) is 0 Å². The number of hydrogen-bond donors (Lipinski definition) is 2. The van der Waals surface area contributed by atoms with Crippen molar-refractivity contribution in [2.24, 2.45) is 0 Å². The van der Waals surface area contributed by atoms with Crippen LogP contribution in [0.25, 0.3) is 0 Å². The number of quaternary nitrogens is 1. The Labute approximate surface area is 285 Å². The lowest BCUT2D eigenvalue weighted by Crippen LogP contribution is -2.46. The van der Waals surface area contributed by atoms with Crippen LogP contribution in [0, 0.1) is 0 Å². The van der Waals surface area contributed by atoms with Gasteiger partial charge in [0.1, 0.15) is 13.2 Å². The maximum Gasteiger partial charge on any atom is 0.268 e. The van der Waals surface area contributed by atoms with Gasteiger partial charge in [0.15, 0.2) is 0 Å². The number of amides is 1. The molecule has 2 N–H and O–H groups in total. The normalized spacial score (nSPS) is 14.7. The van der Waals surface area contributed by atoms with E-state index < -0.39 is 20.0 Å². The summed E-state index contributed by atoms with van der Waals surface area (Å²) < 4.78 is 23.1. The molecule has 0 rings (SSSR count). The van der Waals surface area contributed by atoms with Gasteiger partial charge in [-0.15, -0.1) is 0 Å². The predicted molar refractivity (Wildman–Crippen MR) is 192 cm³/mol. The molecule has 46 heavy (non-hydrogen) atoms. The summed E-state index contributed by atoms with van der Waals surface area (Å²) in [7, 11) is 1.31. The van der Waals surface area contributed by atoms with Crippen LogP contribution in [0.1, 0.15) is 181 Å². The Hall–Kier alpha value is -0.500. The van der Waals surface area contributed by atoms with Crippen LogP contribution in [0.4, 0.5) is 0 Å². The minimum atomic E-state index is -4.54. The highest BCUT2D eigenvalue weighted by Gasteiger charge is 2.24. The van der Waals surface area contributed by atoms with Gasteiger partial charge in [0.2, 0.25) is 5.91 Å². The van der Waals surface area contributed by atoms with Gasteiger partial charge >= 0.3 is 0 Å². The molecule has 0 aliphatic heterocycles. The molecule has 1 amide bonds.